The number of carbonyl (C=O) groups excluding carboxylic acids is 1. The molecule has 0 aromatic heterocycles. The molecule has 0 unspecified atom stereocenters. The van der Waals surface area contributed by atoms with Crippen molar-refractivity contribution in [3.8, 4) is 0 Å². The third-order valence-corrected chi connectivity index (χ3v) is 2.36. The molecule has 1 aromatic rings. The van der Waals surface area contributed by atoms with Crippen molar-refractivity contribution in [3.05, 3.63) is 35.9 Å². The lowest BCUT2D eigenvalue weighted by Gasteiger charge is -2.16. The topological polar surface area (TPSA) is 35.5 Å². The van der Waals surface area contributed by atoms with E-state index in [9.17, 15) is 4.79 Å². The molecule has 1 saturated heterocycles. The van der Waals surface area contributed by atoms with E-state index < -0.39 is 11.9 Å². The Morgan fingerprint density at radius 2 is 2.00 bits per heavy atom. The highest BCUT2D eigenvalue weighted by molar-refractivity contribution is 5.99. The van der Waals surface area contributed by atoms with Gasteiger partial charge < -0.3 is 9.47 Å². The van der Waals surface area contributed by atoms with Crippen molar-refractivity contribution < 1.29 is 14.3 Å². The van der Waals surface area contributed by atoms with E-state index in [-0.39, 0.29) is 5.78 Å². The molecule has 1 fully saturated rings. The summed E-state index contributed by atoms with van der Waals surface area (Å²) in [6.45, 7) is 3.96. The molecule has 0 aliphatic carbocycles. The van der Waals surface area contributed by atoms with Crippen LogP contribution in [-0.2, 0) is 9.47 Å². The molecule has 3 heteroatoms. The summed E-state index contributed by atoms with van der Waals surface area (Å²) in [5.74, 6) is -0.657. The van der Waals surface area contributed by atoms with E-state index >= 15 is 0 Å². The van der Waals surface area contributed by atoms with Crippen LogP contribution < -0.4 is 0 Å². The molecule has 1 aromatic carbocycles. The average molecular weight is 206 g/mol. The molecular formula is C12H14O3. The van der Waals surface area contributed by atoms with Gasteiger partial charge in [-0.3, -0.25) is 4.79 Å². The Bertz CT molecular complexity index is 356. The van der Waals surface area contributed by atoms with Crippen molar-refractivity contribution in [1.29, 1.82) is 0 Å². The molecule has 80 valence electrons. The van der Waals surface area contributed by atoms with Crippen LogP contribution in [0.2, 0.25) is 0 Å². The molecule has 3 nitrogen and oxygen atoms in total. The second-order valence-electron chi connectivity index (χ2n) is 4.05. The third kappa shape index (κ3) is 2.25. The van der Waals surface area contributed by atoms with Crippen LogP contribution in [0.15, 0.2) is 30.3 Å². The highest BCUT2D eigenvalue weighted by Crippen LogP contribution is 2.24. The molecule has 0 bridgehead atoms. The van der Waals surface area contributed by atoms with Crippen molar-refractivity contribution >= 4 is 5.78 Å². The second kappa shape index (κ2) is 3.76. The maximum absolute atomic E-state index is 11.9. The molecule has 0 N–H and O–H groups in total. The van der Waals surface area contributed by atoms with Gasteiger partial charge in [-0.1, -0.05) is 30.3 Å². The number of hydrogen-bond donors (Lipinski definition) is 0. The van der Waals surface area contributed by atoms with E-state index in [0.717, 1.165) is 0 Å². The van der Waals surface area contributed by atoms with Gasteiger partial charge in [-0.25, -0.2) is 0 Å². The van der Waals surface area contributed by atoms with E-state index in [0.29, 0.717) is 12.2 Å². The van der Waals surface area contributed by atoms with Gasteiger partial charge >= 0.3 is 0 Å². The first-order valence-corrected chi connectivity index (χ1v) is 4.99. The molecule has 1 aliphatic heterocycles. The van der Waals surface area contributed by atoms with Gasteiger partial charge in [0.05, 0.1) is 6.61 Å². The Morgan fingerprint density at radius 3 is 2.53 bits per heavy atom. The molecule has 1 heterocycles. The van der Waals surface area contributed by atoms with E-state index in [4.69, 9.17) is 9.47 Å². The Labute approximate surface area is 89.0 Å². The van der Waals surface area contributed by atoms with Crippen molar-refractivity contribution in [2.45, 2.75) is 25.7 Å². The minimum Gasteiger partial charge on any atom is -0.347 e. The molecule has 0 spiro atoms. The van der Waals surface area contributed by atoms with Crippen molar-refractivity contribution in [2.24, 2.45) is 0 Å². The molecule has 0 radical (unpaired) electrons. The Kier molecular flexibility index (Phi) is 2.59. The molecule has 2 rings (SSSR count). The van der Waals surface area contributed by atoms with E-state index in [2.05, 4.69) is 0 Å². The molecule has 0 amide bonds. The number of benzene rings is 1. The lowest BCUT2D eigenvalue weighted by Crippen LogP contribution is -2.26. The first-order valence-electron chi connectivity index (χ1n) is 4.99. The fraction of sp³-hybridized carbons (Fsp3) is 0.417. The van der Waals surface area contributed by atoms with Crippen LogP contribution in [0, 0.1) is 0 Å². The predicted octanol–water partition coefficient (Wildman–Crippen LogP) is 2.02. The second-order valence-corrected chi connectivity index (χ2v) is 4.05. The summed E-state index contributed by atoms with van der Waals surface area (Å²) in [4.78, 5) is 11.9. The maximum atomic E-state index is 11.9. The van der Waals surface area contributed by atoms with Gasteiger partial charge in [-0.05, 0) is 13.8 Å². The largest absolute Gasteiger partial charge is 0.347 e. The highest BCUT2D eigenvalue weighted by Gasteiger charge is 2.37. The lowest BCUT2D eigenvalue weighted by atomic mass is 10.1. The zero-order valence-electron chi connectivity index (χ0n) is 8.90. The summed E-state index contributed by atoms with van der Waals surface area (Å²) in [5, 5.41) is 0. The third-order valence-electron chi connectivity index (χ3n) is 2.36. The quantitative estimate of drug-likeness (QED) is 0.694. The number of hydrogen-bond acceptors (Lipinski definition) is 3. The van der Waals surface area contributed by atoms with Crippen molar-refractivity contribution in [3.63, 3.8) is 0 Å². The smallest absolute Gasteiger partial charge is 0.194 e. The standard InChI is InChI=1S/C12H14O3/c1-12(2)14-8-10(15-12)11(13)9-6-4-3-5-7-9/h3-7,10H,8H2,1-2H3/t10-/m1/s1. The van der Waals surface area contributed by atoms with Crippen LogP contribution in [0.4, 0.5) is 0 Å². The lowest BCUT2D eigenvalue weighted by molar-refractivity contribution is -0.133. The zero-order valence-corrected chi connectivity index (χ0v) is 8.90. The van der Waals surface area contributed by atoms with Gasteiger partial charge in [0.1, 0.15) is 6.10 Å². The van der Waals surface area contributed by atoms with E-state index in [1.165, 1.54) is 0 Å². The van der Waals surface area contributed by atoms with Gasteiger partial charge in [0, 0.05) is 5.56 Å². The summed E-state index contributed by atoms with van der Waals surface area (Å²) < 4.78 is 10.8. The van der Waals surface area contributed by atoms with Crippen LogP contribution in [0.1, 0.15) is 24.2 Å². The number of ether oxygens (including phenoxy) is 2. The van der Waals surface area contributed by atoms with Crippen LogP contribution in [0.5, 0.6) is 0 Å². The van der Waals surface area contributed by atoms with Crippen molar-refractivity contribution in [2.75, 3.05) is 6.61 Å². The van der Waals surface area contributed by atoms with E-state index in [1.807, 2.05) is 32.0 Å². The maximum Gasteiger partial charge on any atom is 0.194 e. The number of rotatable bonds is 2. The monoisotopic (exact) mass is 206 g/mol. The minimum absolute atomic E-state index is 0.0128. The van der Waals surface area contributed by atoms with Gasteiger partial charge in [-0.15, -0.1) is 0 Å². The fourth-order valence-electron chi connectivity index (χ4n) is 1.60. The number of ketones is 1. The van der Waals surface area contributed by atoms with Crippen LogP contribution >= 0.6 is 0 Å². The summed E-state index contributed by atoms with van der Waals surface area (Å²) >= 11 is 0. The number of Topliss-reactive ketones (excluding diaryl/α,β-unsaturated/α-hetero) is 1. The normalized spacial score (nSPS) is 24.0. The minimum atomic E-state index is -0.644. The summed E-state index contributed by atoms with van der Waals surface area (Å²) in [6.07, 6.45) is -0.470. The average Bonchev–Trinajstić information content (AvgIpc) is 2.59. The predicted molar refractivity (Wildman–Crippen MR) is 55.7 cm³/mol. The summed E-state index contributed by atoms with van der Waals surface area (Å²) in [5.41, 5.74) is 0.670. The van der Waals surface area contributed by atoms with Gasteiger partial charge in [0.2, 0.25) is 0 Å². The van der Waals surface area contributed by atoms with Crippen LogP contribution in [0.3, 0.4) is 0 Å². The fourth-order valence-corrected chi connectivity index (χ4v) is 1.60. The highest BCUT2D eigenvalue weighted by atomic mass is 16.7. The Balaban J connectivity index is 2.11. The van der Waals surface area contributed by atoms with Gasteiger partial charge in [-0.2, -0.15) is 0 Å². The van der Waals surface area contributed by atoms with Crippen molar-refractivity contribution in [1.82, 2.24) is 0 Å². The molecule has 1 atom stereocenters. The first kappa shape index (κ1) is 10.3. The van der Waals surface area contributed by atoms with Crippen LogP contribution in [0.25, 0.3) is 0 Å². The van der Waals surface area contributed by atoms with E-state index in [1.54, 1.807) is 12.1 Å². The molecule has 1 aliphatic rings. The summed E-state index contributed by atoms with van der Waals surface area (Å²) in [6, 6.07) is 9.14. The zero-order chi connectivity index (χ0) is 10.9. The SMILES string of the molecule is CC1(C)OC[C@H](C(=O)c2ccccc2)O1. The molecule has 15 heavy (non-hydrogen) atoms. The van der Waals surface area contributed by atoms with Crippen LogP contribution in [-0.4, -0.2) is 24.3 Å². The van der Waals surface area contributed by atoms with Gasteiger partial charge in [0.15, 0.2) is 11.6 Å². The van der Waals surface area contributed by atoms with Gasteiger partial charge in [0.25, 0.3) is 0 Å². The Hall–Kier alpha value is -1.19. The number of carbonyl (C=O) groups is 1. The molecule has 0 saturated carbocycles. The first-order chi connectivity index (χ1) is 7.08. The summed E-state index contributed by atoms with van der Waals surface area (Å²) in [7, 11) is 0. The molecular weight excluding hydrogens is 192 g/mol. The Morgan fingerprint density at radius 1 is 1.33 bits per heavy atom.